The van der Waals surface area contributed by atoms with Crippen LogP contribution in [0.5, 0.6) is 5.75 Å². The Kier molecular flexibility index (Phi) is 7.99. The number of alkyl halides is 5. The Bertz CT molecular complexity index is 1480. The summed E-state index contributed by atoms with van der Waals surface area (Å²) in [5.41, 5.74) is 1.13. The summed E-state index contributed by atoms with van der Waals surface area (Å²) in [6.07, 6.45) is -2.96. The second-order valence-corrected chi connectivity index (χ2v) is 8.47. The second-order valence-electron chi connectivity index (χ2n) is 8.47. The first-order valence-corrected chi connectivity index (χ1v) is 11.6. The third-order valence-corrected chi connectivity index (χ3v) is 5.82. The highest BCUT2D eigenvalue weighted by Gasteiger charge is 2.30. The van der Waals surface area contributed by atoms with E-state index in [0.717, 1.165) is 12.1 Å². The van der Waals surface area contributed by atoms with Crippen LogP contribution < -0.4 is 15.4 Å². The molecule has 0 aliphatic heterocycles. The van der Waals surface area contributed by atoms with Crippen molar-refractivity contribution >= 4 is 17.5 Å². The van der Waals surface area contributed by atoms with Crippen LogP contribution in [-0.2, 0) is 19.8 Å². The Hall–Kier alpha value is -4.67. The number of ether oxygens (including phenoxy) is 1. The van der Waals surface area contributed by atoms with Gasteiger partial charge in [0.2, 0.25) is 0 Å². The van der Waals surface area contributed by atoms with Gasteiger partial charge >= 0.3 is 12.8 Å². The van der Waals surface area contributed by atoms with Crippen LogP contribution in [0.3, 0.4) is 0 Å². The Morgan fingerprint density at radius 3 is 2.28 bits per heavy atom. The van der Waals surface area contributed by atoms with Crippen molar-refractivity contribution in [3.05, 3.63) is 107 Å². The van der Waals surface area contributed by atoms with E-state index in [1.807, 2.05) is 0 Å². The molecule has 3 aromatic carbocycles. The van der Waals surface area contributed by atoms with Gasteiger partial charge in [0, 0.05) is 30.9 Å². The van der Waals surface area contributed by atoms with Gasteiger partial charge in [-0.15, -0.1) is 0 Å². The quantitative estimate of drug-likeness (QED) is 0.250. The molecule has 202 valence electrons. The number of halogens is 5. The molecule has 4 aromatic rings. The molecule has 0 atom stereocenters. The summed E-state index contributed by atoms with van der Waals surface area (Å²) >= 11 is 0. The van der Waals surface area contributed by atoms with Crippen LogP contribution in [0.4, 0.5) is 27.6 Å². The lowest BCUT2D eigenvalue weighted by atomic mass is 9.98. The van der Waals surface area contributed by atoms with Gasteiger partial charge in [-0.25, -0.2) is 0 Å². The minimum Gasteiger partial charge on any atom is -0.434 e. The van der Waals surface area contributed by atoms with Gasteiger partial charge < -0.3 is 19.9 Å². The molecule has 0 aliphatic rings. The lowest BCUT2D eigenvalue weighted by molar-refractivity contribution is -0.137. The maximum absolute atomic E-state index is 13.1. The molecule has 4 rings (SSSR count). The van der Waals surface area contributed by atoms with Gasteiger partial charge in [0.1, 0.15) is 11.4 Å². The van der Waals surface area contributed by atoms with Gasteiger partial charge in [-0.2, -0.15) is 22.0 Å². The van der Waals surface area contributed by atoms with Gasteiger partial charge in [0.05, 0.1) is 11.3 Å². The van der Waals surface area contributed by atoms with E-state index < -0.39 is 30.2 Å². The molecule has 0 radical (unpaired) electrons. The monoisotopic (exact) mass is 543 g/mol. The number of hydrogen-bond donors (Lipinski definition) is 2. The molecule has 1 aromatic heterocycles. The molecule has 39 heavy (non-hydrogen) atoms. The standard InChI is InChI=1S/C28H22F5N3O3/c1-36-16-20(14-23(36)26(38)34-15-18-6-2-5-9-24(18)39-27(29)30)35-25(37)22-8-4-3-7-21(22)17-10-12-19(13-11-17)28(31,32)33/h2-14,16,27H,15H2,1H3,(H,34,38)(H,35,37). The van der Waals surface area contributed by atoms with Crippen molar-refractivity contribution in [1.82, 2.24) is 9.88 Å². The van der Waals surface area contributed by atoms with Crippen molar-refractivity contribution in [2.45, 2.75) is 19.3 Å². The number of carbonyl (C=O) groups excluding carboxylic acids is 2. The number of aromatic nitrogens is 1. The number of carbonyl (C=O) groups is 2. The van der Waals surface area contributed by atoms with Crippen LogP contribution in [0, 0.1) is 0 Å². The van der Waals surface area contributed by atoms with Crippen LogP contribution in [0.25, 0.3) is 11.1 Å². The molecule has 0 fully saturated rings. The molecule has 0 unspecified atom stereocenters. The van der Waals surface area contributed by atoms with Crippen LogP contribution in [0.1, 0.15) is 32.0 Å². The van der Waals surface area contributed by atoms with E-state index in [4.69, 9.17) is 0 Å². The van der Waals surface area contributed by atoms with Crippen molar-refractivity contribution in [3.63, 3.8) is 0 Å². The van der Waals surface area contributed by atoms with Gasteiger partial charge in [-0.1, -0.05) is 48.5 Å². The third-order valence-electron chi connectivity index (χ3n) is 5.82. The first-order chi connectivity index (χ1) is 18.5. The predicted molar refractivity (Wildman–Crippen MR) is 134 cm³/mol. The molecule has 6 nitrogen and oxygen atoms in total. The lowest BCUT2D eigenvalue weighted by Crippen LogP contribution is -2.25. The van der Waals surface area contributed by atoms with E-state index >= 15 is 0 Å². The van der Waals surface area contributed by atoms with E-state index in [9.17, 15) is 31.5 Å². The zero-order valence-corrected chi connectivity index (χ0v) is 20.4. The van der Waals surface area contributed by atoms with E-state index in [1.165, 1.54) is 47.2 Å². The maximum Gasteiger partial charge on any atom is 0.416 e. The molecular formula is C28H22F5N3O3. The first kappa shape index (κ1) is 27.4. The summed E-state index contributed by atoms with van der Waals surface area (Å²) in [5, 5.41) is 5.34. The molecule has 1 heterocycles. The van der Waals surface area contributed by atoms with Crippen LogP contribution in [0.2, 0.25) is 0 Å². The number of aryl methyl sites for hydroxylation is 1. The van der Waals surface area contributed by atoms with Gasteiger partial charge in [-0.05, 0) is 41.5 Å². The SMILES string of the molecule is Cn1cc(NC(=O)c2ccccc2-c2ccc(C(F)(F)F)cc2)cc1C(=O)NCc1ccccc1OC(F)F. The van der Waals surface area contributed by atoms with Crippen LogP contribution >= 0.6 is 0 Å². The first-order valence-electron chi connectivity index (χ1n) is 11.6. The van der Waals surface area contributed by atoms with Crippen molar-refractivity contribution in [3.8, 4) is 16.9 Å². The van der Waals surface area contributed by atoms with Crippen molar-refractivity contribution in [2.75, 3.05) is 5.32 Å². The minimum atomic E-state index is -4.48. The molecule has 2 amide bonds. The summed E-state index contributed by atoms with van der Waals surface area (Å²) < 4.78 is 70.0. The number of nitrogens with zero attached hydrogens (tertiary/aromatic N) is 1. The summed E-state index contributed by atoms with van der Waals surface area (Å²) in [4.78, 5) is 25.8. The van der Waals surface area contributed by atoms with Crippen LogP contribution in [-0.4, -0.2) is 23.0 Å². The Labute approximate surface area is 220 Å². The number of amides is 2. The number of rotatable bonds is 8. The van der Waals surface area contributed by atoms with Gasteiger partial charge in [0.25, 0.3) is 11.8 Å². The number of para-hydroxylation sites is 1. The molecule has 0 saturated carbocycles. The van der Waals surface area contributed by atoms with E-state index in [0.29, 0.717) is 22.4 Å². The van der Waals surface area contributed by atoms with Gasteiger partial charge in [0.15, 0.2) is 0 Å². The predicted octanol–water partition coefficient (Wildman–Crippen LogP) is 6.49. The molecule has 0 saturated heterocycles. The molecule has 0 aliphatic carbocycles. The Morgan fingerprint density at radius 1 is 0.923 bits per heavy atom. The highest BCUT2D eigenvalue weighted by molar-refractivity contribution is 6.09. The summed E-state index contributed by atoms with van der Waals surface area (Å²) in [5.74, 6) is -1.10. The van der Waals surface area contributed by atoms with E-state index in [1.54, 1.807) is 37.4 Å². The highest BCUT2D eigenvalue weighted by atomic mass is 19.4. The Balaban J connectivity index is 1.47. The summed E-state index contributed by atoms with van der Waals surface area (Å²) in [6.45, 7) is -3.08. The fourth-order valence-electron chi connectivity index (χ4n) is 3.96. The highest BCUT2D eigenvalue weighted by Crippen LogP contribution is 2.32. The molecule has 0 bridgehead atoms. The normalized spacial score (nSPS) is 11.4. The number of anilines is 1. The second kappa shape index (κ2) is 11.4. The number of benzene rings is 3. The maximum atomic E-state index is 13.1. The van der Waals surface area contributed by atoms with E-state index in [2.05, 4.69) is 15.4 Å². The van der Waals surface area contributed by atoms with Crippen molar-refractivity contribution in [2.24, 2.45) is 7.05 Å². The Morgan fingerprint density at radius 2 is 1.59 bits per heavy atom. The molecule has 0 spiro atoms. The van der Waals surface area contributed by atoms with Gasteiger partial charge in [-0.3, -0.25) is 9.59 Å². The lowest BCUT2D eigenvalue weighted by Gasteiger charge is -2.11. The van der Waals surface area contributed by atoms with Crippen LogP contribution in [0.15, 0.2) is 85.1 Å². The smallest absolute Gasteiger partial charge is 0.416 e. The fraction of sp³-hybridized carbons (Fsp3) is 0.143. The summed E-state index contributed by atoms with van der Waals surface area (Å²) in [7, 11) is 1.59. The largest absolute Gasteiger partial charge is 0.434 e. The molecule has 2 N–H and O–H groups in total. The minimum absolute atomic E-state index is 0.0562. The molecular weight excluding hydrogens is 521 g/mol. The average molecular weight is 543 g/mol. The average Bonchev–Trinajstić information content (AvgIpc) is 3.27. The number of nitrogens with one attached hydrogen (secondary N) is 2. The zero-order valence-electron chi connectivity index (χ0n) is 20.4. The summed E-state index contributed by atoms with van der Waals surface area (Å²) in [6, 6.07) is 18.5. The van der Waals surface area contributed by atoms with Crippen molar-refractivity contribution in [1.29, 1.82) is 0 Å². The van der Waals surface area contributed by atoms with Crippen molar-refractivity contribution < 1.29 is 36.3 Å². The topological polar surface area (TPSA) is 72.4 Å². The third kappa shape index (κ3) is 6.61. The number of hydrogen-bond acceptors (Lipinski definition) is 3. The van der Waals surface area contributed by atoms with E-state index in [-0.39, 0.29) is 23.6 Å². The fourth-order valence-corrected chi connectivity index (χ4v) is 3.96. The molecule has 11 heteroatoms. The zero-order chi connectivity index (χ0) is 28.2.